The van der Waals surface area contributed by atoms with E-state index in [4.69, 9.17) is 9.47 Å². The molecule has 1 aromatic heterocycles. The van der Waals surface area contributed by atoms with Crippen LogP contribution in [-0.4, -0.2) is 85.8 Å². The molecule has 37 heavy (non-hydrogen) atoms. The lowest BCUT2D eigenvalue weighted by atomic mass is 10.2. The first-order valence-electron chi connectivity index (χ1n) is 12.9. The average molecular weight is 537 g/mol. The summed E-state index contributed by atoms with van der Waals surface area (Å²) in [4.78, 5) is 21.5. The summed E-state index contributed by atoms with van der Waals surface area (Å²) in [7, 11) is -3.83. The molecule has 4 rings (SSSR count). The number of rotatable bonds is 11. The van der Waals surface area contributed by atoms with Gasteiger partial charge in [0.05, 0.1) is 50.1 Å². The highest BCUT2D eigenvalue weighted by atomic mass is 32.2. The second kappa shape index (κ2) is 12.5. The van der Waals surface area contributed by atoms with Gasteiger partial charge in [0.1, 0.15) is 5.82 Å². The molecular weight excluding hydrogens is 499 g/mol. The molecule has 0 N–H and O–H groups in total. The van der Waals surface area contributed by atoms with E-state index in [-0.39, 0.29) is 35.4 Å². The molecule has 0 aliphatic carbocycles. The minimum absolute atomic E-state index is 0.00819. The molecular formula is C26H37FN4O5S. The third-order valence-electron chi connectivity index (χ3n) is 6.81. The molecule has 11 heteroatoms. The molecule has 1 atom stereocenters. The smallest absolute Gasteiger partial charge is 0.228 e. The van der Waals surface area contributed by atoms with Crippen molar-refractivity contribution >= 4 is 15.7 Å². The number of morpholine rings is 1. The first-order valence-corrected chi connectivity index (χ1v) is 14.6. The van der Waals surface area contributed by atoms with Gasteiger partial charge in [-0.25, -0.2) is 17.8 Å². The Hall–Kier alpha value is -2.34. The minimum Gasteiger partial charge on any atom is -0.379 e. The molecule has 2 aromatic rings. The van der Waals surface area contributed by atoms with Crippen molar-refractivity contribution in [3.63, 3.8) is 0 Å². The van der Waals surface area contributed by atoms with Gasteiger partial charge in [0.25, 0.3) is 0 Å². The third-order valence-corrected chi connectivity index (χ3v) is 8.40. The zero-order chi connectivity index (χ0) is 26.4. The number of ether oxygens (including phenoxy) is 2. The molecule has 0 radical (unpaired) electrons. The fourth-order valence-corrected chi connectivity index (χ4v) is 6.23. The molecule has 204 valence electrons. The summed E-state index contributed by atoms with van der Waals surface area (Å²) >= 11 is 0. The van der Waals surface area contributed by atoms with Gasteiger partial charge >= 0.3 is 0 Å². The predicted octanol–water partition coefficient (Wildman–Crippen LogP) is 2.49. The van der Waals surface area contributed by atoms with Crippen LogP contribution in [0.15, 0.2) is 35.6 Å². The lowest BCUT2D eigenvalue weighted by Gasteiger charge is -2.31. The fraction of sp³-hybridized carbons (Fsp3) is 0.615. The Kier molecular flexibility index (Phi) is 9.33. The highest BCUT2D eigenvalue weighted by Crippen LogP contribution is 2.23. The maximum absolute atomic E-state index is 13.4. The first-order chi connectivity index (χ1) is 17.7. The number of imidazole rings is 1. The Morgan fingerprint density at radius 1 is 1.19 bits per heavy atom. The van der Waals surface area contributed by atoms with E-state index < -0.39 is 15.7 Å². The molecule has 1 aromatic carbocycles. The van der Waals surface area contributed by atoms with Gasteiger partial charge in [0.15, 0.2) is 0 Å². The Morgan fingerprint density at radius 3 is 2.57 bits per heavy atom. The zero-order valence-corrected chi connectivity index (χ0v) is 22.5. The Balaban J connectivity index is 1.59. The van der Waals surface area contributed by atoms with Crippen LogP contribution in [0.4, 0.5) is 4.39 Å². The van der Waals surface area contributed by atoms with Gasteiger partial charge in [-0.05, 0) is 30.5 Å². The lowest BCUT2D eigenvalue weighted by molar-refractivity contribution is -0.135. The normalized spacial score (nSPS) is 19.0. The number of nitrogens with zero attached hydrogens (tertiary/aromatic N) is 4. The molecule has 3 heterocycles. The van der Waals surface area contributed by atoms with Crippen molar-refractivity contribution in [1.82, 2.24) is 19.4 Å². The monoisotopic (exact) mass is 536 g/mol. The van der Waals surface area contributed by atoms with Crippen LogP contribution in [0.3, 0.4) is 0 Å². The van der Waals surface area contributed by atoms with Gasteiger partial charge in [-0.1, -0.05) is 26.0 Å². The van der Waals surface area contributed by atoms with E-state index in [1.165, 1.54) is 24.3 Å². The van der Waals surface area contributed by atoms with Gasteiger partial charge < -0.3 is 18.9 Å². The van der Waals surface area contributed by atoms with E-state index in [0.717, 1.165) is 32.5 Å². The molecule has 0 saturated carbocycles. The van der Waals surface area contributed by atoms with Crippen LogP contribution in [-0.2, 0) is 42.9 Å². The van der Waals surface area contributed by atoms with Gasteiger partial charge in [-0.2, -0.15) is 0 Å². The van der Waals surface area contributed by atoms with Gasteiger partial charge in [0, 0.05) is 38.7 Å². The van der Waals surface area contributed by atoms with Crippen LogP contribution in [0.2, 0.25) is 0 Å². The summed E-state index contributed by atoms with van der Waals surface area (Å²) in [5.74, 6) is -0.897. The third kappa shape index (κ3) is 7.37. The quantitative estimate of drug-likeness (QED) is 0.436. The average Bonchev–Trinajstić information content (AvgIpc) is 3.54. The highest BCUT2D eigenvalue weighted by Gasteiger charge is 2.29. The van der Waals surface area contributed by atoms with Crippen molar-refractivity contribution in [2.45, 2.75) is 56.8 Å². The second-order valence-corrected chi connectivity index (χ2v) is 11.9. The second-order valence-electron chi connectivity index (χ2n) is 10.0. The molecule has 2 aliphatic heterocycles. The van der Waals surface area contributed by atoms with E-state index in [0.29, 0.717) is 44.2 Å². The number of benzene rings is 1. The van der Waals surface area contributed by atoms with E-state index in [1.807, 2.05) is 13.8 Å². The van der Waals surface area contributed by atoms with Crippen LogP contribution in [0.25, 0.3) is 0 Å². The fourth-order valence-electron chi connectivity index (χ4n) is 4.73. The molecule has 0 bridgehead atoms. The Labute approximate surface area is 218 Å². The minimum atomic E-state index is -3.83. The molecule has 2 fully saturated rings. The lowest BCUT2D eigenvalue weighted by Crippen LogP contribution is -2.44. The van der Waals surface area contributed by atoms with Crippen LogP contribution < -0.4 is 0 Å². The predicted molar refractivity (Wildman–Crippen MR) is 136 cm³/mol. The number of carbonyl (C=O) groups is 1. The zero-order valence-electron chi connectivity index (χ0n) is 21.6. The molecule has 1 amide bonds. The highest BCUT2D eigenvalue weighted by molar-refractivity contribution is 7.90. The van der Waals surface area contributed by atoms with Crippen molar-refractivity contribution in [3.05, 3.63) is 47.5 Å². The molecule has 2 aliphatic rings. The molecule has 9 nitrogen and oxygen atoms in total. The summed E-state index contributed by atoms with van der Waals surface area (Å²) in [5, 5.41) is -0.0487. The summed E-state index contributed by atoms with van der Waals surface area (Å²) in [6.07, 6.45) is 3.20. The van der Waals surface area contributed by atoms with Crippen molar-refractivity contribution in [2.24, 2.45) is 5.92 Å². The number of carbonyl (C=O) groups excluding carboxylic acids is 1. The number of hydrogen-bond acceptors (Lipinski definition) is 7. The van der Waals surface area contributed by atoms with Crippen molar-refractivity contribution in [3.8, 4) is 0 Å². The largest absolute Gasteiger partial charge is 0.379 e. The van der Waals surface area contributed by atoms with Crippen molar-refractivity contribution in [2.75, 3.05) is 46.0 Å². The van der Waals surface area contributed by atoms with Crippen LogP contribution in [0, 0.1) is 11.7 Å². The van der Waals surface area contributed by atoms with E-state index in [9.17, 15) is 17.6 Å². The van der Waals surface area contributed by atoms with Crippen LogP contribution >= 0.6 is 0 Å². The van der Waals surface area contributed by atoms with Crippen molar-refractivity contribution < 1.29 is 27.1 Å². The van der Waals surface area contributed by atoms with E-state index in [2.05, 4.69) is 9.88 Å². The number of aromatic nitrogens is 2. The summed E-state index contributed by atoms with van der Waals surface area (Å²) in [5.41, 5.74) is 1.14. The SMILES string of the molecule is CC(C)C(=O)N(CCN1CCOCC1)Cc1cnc(S(=O)(=O)Cc2ccc(F)cc2)n1CC1CCCO1. The maximum Gasteiger partial charge on any atom is 0.228 e. The Morgan fingerprint density at radius 2 is 1.92 bits per heavy atom. The number of halogens is 1. The van der Waals surface area contributed by atoms with E-state index in [1.54, 1.807) is 15.7 Å². The molecule has 0 spiro atoms. The maximum atomic E-state index is 13.4. The van der Waals surface area contributed by atoms with E-state index >= 15 is 0 Å². The number of sulfone groups is 1. The summed E-state index contributed by atoms with van der Waals surface area (Å²) in [6, 6.07) is 5.43. The number of amides is 1. The topological polar surface area (TPSA) is 94.0 Å². The first kappa shape index (κ1) is 27.7. The number of hydrogen-bond donors (Lipinski definition) is 0. The van der Waals surface area contributed by atoms with Crippen LogP contribution in [0.5, 0.6) is 0 Å². The Bertz CT molecular complexity index is 1140. The summed E-state index contributed by atoms with van der Waals surface area (Å²) in [6.45, 7) is 9.25. The summed E-state index contributed by atoms with van der Waals surface area (Å²) < 4.78 is 53.2. The molecule has 1 unspecified atom stereocenters. The standard InChI is InChI=1S/C26H37FN4O5S/c1-20(2)25(32)30(10-9-29-11-14-35-15-12-29)17-23-16-28-26(31(23)18-24-4-3-13-36-24)37(33,34)19-21-5-7-22(27)8-6-21/h5-8,16,20,24H,3-4,9-15,17-19H2,1-2H3. The van der Waals surface area contributed by atoms with Crippen LogP contribution in [0.1, 0.15) is 37.9 Å². The van der Waals surface area contributed by atoms with Gasteiger partial charge in [-0.3, -0.25) is 9.69 Å². The van der Waals surface area contributed by atoms with Gasteiger partial charge in [-0.15, -0.1) is 0 Å². The van der Waals surface area contributed by atoms with Gasteiger partial charge in [0.2, 0.25) is 20.9 Å². The molecule has 2 saturated heterocycles. The van der Waals surface area contributed by atoms with Crippen molar-refractivity contribution in [1.29, 1.82) is 0 Å².